The van der Waals surface area contributed by atoms with Gasteiger partial charge >= 0.3 is 0 Å². The molecule has 2 aromatic carbocycles. The van der Waals surface area contributed by atoms with Crippen molar-refractivity contribution in [2.24, 2.45) is 5.92 Å². The van der Waals surface area contributed by atoms with Crippen molar-refractivity contribution in [2.75, 3.05) is 13.2 Å². The molecule has 0 spiro atoms. The van der Waals surface area contributed by atoms with Crippen molar-refractivity contribution in [1.29, 1.82) is 0 Å². The van der Waals surface area contributed by atoms with E-state index in [9.17, 15) is 0 Å². The minimum absolute atomic E-state index is 0.0955. The highest BCUT2D eigenvalue weighted by atomic mass is 31.2. The van der Waals surface area contributed by atoms with Crippen LogP contribution in [0.15, 0.2) is 54.7 Å². The van der Waals surface area contributed by atoms with Crippen LogP contribution in [0.3, 0.4) is 0 Å². The Morgan fingerprint density at radius 2 is 1.74 bits per heavy atom. The Labute approximate surface area is 206 Å². The molecule has 180 valence electrons. The van der Waals surface area contributed by atoms with Crippen LogP contribution in [0.1, 0.15) is 77.7 Å². The topological polar surface area (TPSA) is 22.3 Å². The molecule has 5 rings (SSSR count). The first-order chi connectivity index (χ1) is 16.7. The van der Waals surface area contributed by atoms with Crippen LogP contribution in [-0.2, 0) is 14.6 Å². The second kappa shape index (κ2) is 10.1. The zero-order chi connectivity index (χ0) is 23.7. The molecule has 2 aliphatic heterocycles. The lowest BCUT2D eigenvalue weighted by Gasteiger charge is -2.40. The average Bonchev–Trinajstić information content (AvgIpc) is 2.90. The van der Waals surface area contributed by atoms with Crippen molar-refractivity contribution in [3.05, 3.63) is 60.3 Å². The molecule has 3 aromatic rings. The number of rotatable bonds is 7. The van der Waals surface area contributed by atoms with Crippen molar-refractivity contribution in [3.8, 4) is 11.3 Å². The molecule has 0 saturated carbocycles. The number of benzene rings is 2. The Morgan fingerprint density at radius 3 is 2.44 bits per heavy atom. The molecule has 1 aromatic heterocycles. The third-order valence-corrected chi connectivity index (χ3v) is 9.79. The number of pyridine rings is 1. The highest BCUT2D eigenvalue weighted by Crippen LogP contribution is 2.50. The van der Waals surface area contributed by atoms with Crippen molar-refractivity contribution in [3.63, 3.8) is 0 Å². The molecule has 2 aliphatic rings. The first kappa shape index (κ1) is 23.9. The van der Waals surface area contributed by atoms with E-state index in [1.54, 1.807) is 0 Å². The van der Waals surface area contributed by atoms with Gasteiger partial charge in [-0.25, -0.2) is 0 Å². The highest BCUT2D eigenvalue weighted by Gasteiger charge is 2.51. The predicted molar refractivity (Wildman–Crippen MR) is 143 cm³/mol. The van der Waals surface area contributed by atoms with Gasteiger partial charge in [0.05, 0.1) is 24.2 Å². The highest BCUT2D eigenvalue weighted by molar-refractivity contribution is 7.56. The lowest BCUT2D eigenvalue weighted by molar-refractivity contribution is -0.761. The number of unbranched alkanes of at least 4 members (excludes halogenated alkanes) is 1. The standard InChI is InChI=1S/C30H39NO2P/c1-5-9-12-22-20-32-34(33-21-22)24-15-16-26-27(19-24)29-25-14-11-10-13-23(25)17-18-31(29)30(7-3,8-4)28(26)6-2/h10-11,13-19,22,28H,5-9,12,20-21H2,1-4H3/q+1. The van der Waals surface area contributed by atoms with Gasteiger partial charge in [-0.2, -0.15) is 4.57 Å². The minimum Gasteiger partial charge on any atom is -0.330 e. The Bertz CT molecular complexity index is 1150. The van der Waals surface area contributed by atoms with Crippen LogP contribution in [-0.4, -0.2) is 13.2 Å². The largest absolute Gasteiger partial charge is 0.330 e. The molecule has 1 unspecified atom stereocenters. The molecule has 0 aliphatic carbocycles. The normalized spacial score (nSPS) is 23.5. The molecular formula is C30H39NO2P+. The Balaban J connectivity index is 1.61. The maximum absolute atomic E-state index is 6.31. The third-order valence-electron chi connectivity index (χ3n) is 8.32. The number of aromatic nitrogens is 1. The van der Waals surface area contributed by atoms with E-state index in [1.807, 2.05) is 0 Å². The Kier molecular flexibility index (Phi) is 7.07. The van der Waals surface area contributed by atoms with E-state index in [0.29, 0.717) is 11.8 Å². The van der Waals surface area contributed by atoms with Crippen LogP contribution in [0.2, 0.25) is 0 Å². The van der Waals surface area contributed by atoms with E-state index in [-0.39, 0.29) is 5.54 Å². The Morgan fingerprint density at radius 1 is 0.971 bits per heavy atom. The minimum atomic E-state index is -1.02. The molecule has 3 nitrogen and oxygen atoms in total. The molecule has 0 radical (unpaired) electrons. The van der Waals surface area contributed by atoms with Gasteiger partial charge in [-0.3, -0.25) is 0 Å². The monoisotopic (exact) mass is 476 g/mol. The fraction of sp³-hybridized carbons (Fsp3) is 0.500. The van der Waals surface area contributed by atoms with E-state index in [4.69, 9.17) is 9.05 Å². The summed E-state index contributed by atoms with van der Waals surface area (Å²) in [4.78, 5) is 0. The maximum atomic E-state index is 6.31. The molecule has 0 N–H and O–H groups in total. The summed E-state index contributed by atoms with van der Waals surface area (Å²) in [5.74, 6) is 1.03. The molecule has 3 heterocycles. The molecule has 34 heavy (non-hydrogen) atoms. The summed E-state index contributed by atoms with van der Waals surface area (Å²) in [5.41, 5.74) is 4.30. The van der Waals surface area contributed by atoms with Gasteiger partial charge in [0.1, 0.15) is 0 Å². The van der Waals surface area contributed by atoms with Gasteiger partial charge in [-0.15, -0.1) is 0 Å². The van der Waals surface area contributed by atoms with Crippen LogP contribution in [0.4, 0.5) is 0 Å². The van der Waals surface area contributed by atoms with Crippen LogP contribution in [0.5, 0.6) is 0 Å². The molecule has 0 bridgehead atoms. The zero-order valence-corrected chi connectivity index (χ0v) is 22.1. The van der Waals surface area contributed by atoms with Gasteiger partial charge in [0.25, 0.3) is 0 Å². The summed E-state index contributed by atoms with van der Waals surface area (Å²) in [7, 11) is -1.02. The van der Waals surface area contributed by atoms with Gasteiger partial charge in [-0.1, -0.05) is 64.8 Å². The predicted octanol–water partition coefficient (Wildman–Crippen LogP) is 7.61. The zero-order valence-electron chi connectivity index (χ0n) is 21.2. The average molecular weight is 477 g/mol. The van der Waals surface area contributed by atoms with Crippen molar-refractivity contribution >= 4 is 24.5 Å². The van der Waals surface area contributed by atoms with Crippen LogP contribution in [0, 0.1) is 5.92 Å². The first-order valence-corrected chi connectivity index (χ1v) is 14.5. The SMILES string of the molecule is CCCCC1COP(c2ccc3c(c2)-c2c4ccccc4cc[n+]2C(CC)(CC)C3CC)OC1. The Hall–Kier alpha value is -1.80. The quantitative estimate of drug-likeness (QED) is 0.259. The van der Waals surface area contributed by atoms with Crippen LogP contribution >= 0.6 is 8.38 Å². The third kappa shape index (κ3) is 3.91. The van der Waals surface area contributed by atoms with E-state index < -0.39 is 8.38 Å². The van der Waals surface area contributed by atoms with Gasteiger partial charge in [0.15, 0.2) is 11.7 Å². The molecule has 1 saturated heterocycles. The summed E-state index contributed by atoms with van der Waals surface area (Å²) in [5, 5.41) is 3.84. The summed E-state index contributed by atoms with van der Waals surface area (Å²) in [6.07, 6.45) is 9.41. The molecule has 1 atom stereocenters. The molecular weight excluding hydrogens is 437 g/mol. The number of fused-ring (bicyclic) bond motifs is 5. The number of nitrogens with zero attached hydrogens (tertiary/aromatic N) is 1. The van der Waals surface area contributed by atoms with Gasteiger partial charge in [-0.05, 0) is 42.0 Å². The van der Waals surface area contributed by atoms with E-state index in [2.05, 4.69) is 87.0 Å². The summed E-state index contributed by atoms with van der Waals surface area (Å²) in [6, 6.07) is 18.2. The van der Waals surface area contributed by atoms with Crippen LogP contribution < -0.4 is 9.87 Å². The van der Waals surface area contributed by atoms with Crippen LogP contribution in [0.25, 0.3) is 22.0 Å². The number of hydrogen-bond acceptors (Lipinski definition) is 2. The first-order valence-electron chi connectivity index (χ1n) is 13.3. The second-order valence-corrected chi connectivity index (χ2v) is 11.6. The van der Waals surface area contributed by atoms with Gasteiger partial charge < -0.3 is 9.05 Å². The van der Waals surface area contributed by atoms with Crippen molar-refractivity contribution in [1.82, 2.24) is 0 Å². The van der Waals surface area contributed by atoms with Gasteiger partial charge in [0, 0.05) is 36.0 Å². The van der Waals surface area contributed by atoms with E-state index in [0.717, 1.165) is 32.5 Å². The summed E-state index contributed by atoms with van der Waals surface area (Å²) >= 11 is 0. The fourth-order valence-electron chi connectivity index (χ4n) is 6.41. The molecule has 4 heteroatoms. The van der Waals surface area contributed by atoms with Crippen molar-refractivity contribution < 1.29 is 13.6 Å². The number of hydrogen-bond donors (Lipinski definition) is 0. The smallest absolute Gasteiger partial charge is 0.221 e. The second-order valence-electron chi connectivity index (χ2n) is 10.0. The lowest BCUT2D eigenvalue weighted by Crippen LogP contribution is -2.62. The van der Waals surface area contributed by atoms with E-state index >= 15 is 0 Å². The lowest BCUT2D eigenvalue weighted by atomic mass is 9.69. The van der Waals surface area contributed by atoms with Crippen molar-refractivity contribution in [2.45, 2.75) is 77.7 Å². The summed E-state index contributed by atoms with van der Waals surface area (Å²) < 4.78 is 15.2. The molecule has 1 fully saturated rings. The molecule has 0 amide bonds. The maximum Gasteiger partial charge on any atom is 0.221 e. The van der Waals surface area contributed by atoms with Gasteiger partial charge in [0.2, 0.25) is 14.1 Å². The fourth-order valence-corrected chi connectivity index (χ4v) is 7.91. The summed E-state index contributed by atoms with van der Waals surface area (Å²) in [6.45, 7) is 11.0. The van der Waals surface area contributed by atoms with E-state index in [1.165, 1.54) is 52.2 Å².